The van der Waals surface area contributed by atoms with Crippen molar-refractivity contribution in [2.75, 3.05) is 6.54 Å². The molecule has 0 rings (SSSR count). The standard InChI is InChI=1S/C29H61NO2/c1-4-7-8-9-10-11-12-13-14-15-16-17-18-19-20-21-22-23-24-25-26-27-30(28(31)5-2)29(32)6-3/h28-29,31-32H,4-27H2,1-3H3. The highest BCUT2D eigenvalue weighted by molar-refractivity contribution is 4.64. The summed E-state index contributed by atoms with van der Waals surface area (Å²) in [6, 6.07) is 0. The van der Waals surface area contributed by atoms with Crippen LogP contribution in [0.15, 0.2) is 0 Å². The van der Waals surface area contributed by atoms with Crippen LogP contribution < -0.4 is 0 Å². The first-order valence-corrected chi connectivity index (χ1v) is 14.8. The second kappa shape index (κ2) is 25.5. The Morgan fingerprint density at radius 2 is 0.656 bits per heavy atom. The number of unbranched alkanes of at least 4 members (excludes halogenated alkanes) is 20. The van der Waals surface area contributed by atoms with Gasteiger partial charge in [-0.15, -0.1) is 0 Å². The smallest absolute Gasteiger partial charge is 0.109 e. The summed E-state index contributed by atoms with van der Waals surface area (Å²) in [5.41, 5.74) is 0. The normalized spacial score (nSPS) is 13.7. The van der Waals surface area contributed by atoms with Gasteiger partial charge >= 0.3 is 0 Å². The molecule has 0 aromatic carbocycles. The van der Waals surface area contributed by atoms with E-state index in [0.29, 0.717) is 12.8 Å². The minimum Gasteiger partial charge on any atom is -0.378 e. The van der Waals surface area contributed by atoms with E-state index in [9.17, 15) is 10.2 Å². The molecule has 3 heteroatoms. The maximum absolute atomic E-state index is 10.1. The number of nitrogens with zero attached hydrogens (tertiary/aromatic N) is 1. The van der Waals surface area contributed by atoms with Crippen molar-refractivity contribution in [3.8, 4) is 0 Å². The van der Waals surface area contributed by atoms with E-state index in [1.165, 1.54) is 128 Å². The van der Waals surface area contributed by atoms with E-state index in [4.69, 9.17) is 0 Å². The molecular formula is C29H61NO2. The predicted octanol–water partition coefficient (Wildman–Crippen LogP) is 8.96. The maximum atomic E-state index is 10.1. The summed E-state index contributed by atoms with van der Waals surface area (Å²) >= 11 is 0. The number of hydrogen-bond donors (Lipinski definition) is 2. The highest BCUT2D eigenvalue weighted by Gasteiger charge is 2.19. The molecule has 194 valence electrons. The Labute approximate surface area is 202 Å². The summed E-state index contributed by atoms with van der Waals surface area (Å²) in [5, 5.41) is 20.1. The van der Waals surface area contributed by atoms with E-state index in [1.807, 2.05) is 18.7 Å². The molecule has 0 saturated carbocycles. The summed E-state index contributed by atoms with van der Waals surface area (Å²) in [6.45, 7) is 7.04. The van der Waals surface area contributed by atoms with Crippen LogP contribution in [0, 0.1) is 0 Å². The Balaban J connectivity index is 3.26. The van der Waals surface area contributed by atoms with E-state index < -0.39 is 12.5 Å². The molecule has 2 N–H and O–H groups in total. The van der Waals surface area contributed by atoms with Crippen molar-refractivity contribution < 1.29 is 10.2 Å². The van der Waals surface area contributed by atoms with Gasteiger partial charge in [0.2, 0.25) is 0 Å². The van der Waals surface area contributed by atoms with Gasteiger partial charge in [-0.3, -0.25) is 4.90 Å². The Morgan fingerprint density at radius 1 is 0.406 bits per heavy atom. The van der Waals surface area contributed by atoms with Crippen LogP contribution >= 0.6 is 0 Å². The average Bonchev–Trinajstić information content (AvgIpc) is 2.81. The van der Waals surface area contributed by atoms with Gasteiger partial charge in [0.05, 0.1) is 0 Å². The first kappa shape index (κ1) is 31.9. The molecule has 0 aliphatic carbocycles. The molecule has 0 aliphatic heterocycles. The molecule has 32 heavy (non-hydrogen) atoms. The van der Waals surface area contributed by atoms with Crippen LogP contribution in [0.3, 0.4) is 0 Å². The zero-order valence-electron chi connectivity index (χ0n) is 22.5. The molecule has 0 heterocycles. The van der Waals surface area contributed by atoms with Gasteiger partial charge in [-0.05, 0) is 19.3 Å². The number of hydrogen-bond acceptors (Lipinski definition) is 3. The van der Waals surface area contributed by atoms with E-state index in [0.717, 1.165) is 13.0 Å². The van der Waals surface area contributed by atoms with Gasteiger partial charge in [0, 0.05) is 6.54 Å². The molecule has 0 aromatic rings. The molecule has 0 amide bonds. The summed E-state index contributed by atoms with van der Waals surface area (Å²) in [6.07, 6.45) is 29.7. The van der Waals surface area contributed by atoms with Crippen LogP contribution in [-0.4, -0.2) is 34.1 Å². The van der Waals surface area contributed by atoms with Crippen molar-refractivity contribution in [3.05, 3.63) is 0 Å². The molecule has 0 aromatic heterocycles. The summed E-state index contributed by atoms with van der Waals surface area (Å²) < 4.78 is 0. The quantitative estimate of drug-likeness (QED) is 0.101. The lowest BCUT2D eigenvalue weighted by Crippen LogP contribution is -2.43. The van der Waals surface area contributed by atoms with E-state index >= 15 is 0 Å². The fourth-order valence-electron chi connectivity index (χ4n) is 4.69. The van der Waals surface area contributed by atoms with E-state index in [-0.39, 0.29) is 0 Å². The van der Waals surface area contributed by atoms with Crippen molar-refractivity contribution in [2.45, 2.75) is 181 Å². The first-order chi connectivity index (χ1) is 15.7. The van der Waals surface area contributed by atoms with Crippen LogP contribution in [-0.2, 0) is 0 Å². The fraction of sp³-hybridized carbons (Fsp3) is 1.00. The monoisotopic (exact) mass is 455 g/mol. The van der Waals surface area contributed by atoms with Crippen molar-refractivity contribution in [1.82, 2.24) is 4.90 Å². The van der Waals surface area contributed by atoms with Gasteiger partial charge in [-0.1, -0.05) is 149 Å². The van der Waals surface area contributed by atoms with Crippen LogP contribution in [0.25, 0.3) is 0 Å². The number of aliphatic hydroxyl groups is 2. The number of rotatable bonds is 26. The van der Waals surface area contributed by atoms with Crippen LogP contribution in [0.5, 0.6) is 0 Å². The Hall–Kier alpha value is -0.120. The predicted molar refractivity (Wildman–Crippen MR) is 142 cm³/mol. The Kier molecular flexibility index (Phi) is 25.4. The third-order valence-electron chi connectivity index (χ3n) is 7.02. The van der Waals surface area contributed by atoms with Gasteiger partial charge in [0.25, 0.3) is 0 Å². The lowest BCUT2D eigenvalue weighted by atomic mass is 10.0. The molecule has 0 fully saturated rings. The zero-order chi connectivity index (χ0) is 23.7. The fourth-order valence-corrected chi connectivity index (χ4v) is 4.69. The summed E-state index contributed by atoms with van der Waals surface area (Å²) in [7, 11) is 0. The van der Waals surface area contributed by atoms with Crippen LogP contribution in [0.4, 0.5) is 0 Å². The molecule has 0 saturated heterocycles. The Morgan fingerprint density at radius 3 is 0.906 bits per heavy atom. The second-order valence-corrected chi connectivity index (χ2v) is 10.1. The molecule has 3 nitrogen and oxygen atoms in total. The van der Waals surface area contributed by atoms with Gasteiger partial charge in [-0.25, -0.2) is 0 Å². The Bertz CT molecular complexity index is 340. The molecular weight excluding hydrogens is 394 g/mol. The molecule has 0 bridgehead atoms. The molecule has 0 aliphatic rings. The van der Waals surface area contributed by atoms with Crippen LogP contribution in [0.1, 0.15) is 168 Å². The molecule has 0 radical (unpaired) electrons. The minimum absolute atomic E-state index is 0.505. The highest BCUT2D eigenvalue weighted by Crippen LogP contribution is 2.16. The van der Waals surface area contributed by atoms with E-state index in [1.54, 1.807) is 0 Å². The molecule has 2 unspecified atom stereocenters. The first-order valence-electron chi connectivity index (χ1n) is 14.8. The third-order valence-corrected chi connectivity index (χ3v) is 7.02. The van der Waals surface area contributed by atoms with Crippen molar-refractivity contribution >= 4 is 0 Å². The van der Waals surface area contributed by atoms with Crippen molar-refractivity contribution in [3.63, 3.8) is 0 Å². The summed E-state index contributed by atoms with van der Waals surface area (Å²) in [5.74, 6) is 0. The second-order valence-electron chi connectivity index (χ2n) is 10.1. The van der Waals surface area contributed by atoms with Crippen molar-refractivity contribution in [2.24, 2.45) is 0 Å². The highest BCUT2D eigenvalue weighted by atomic mass is 16.3. The lowest BCUT2D eigenvalue weighted by Gasteiger charge is -2.31. The molecule has 0 spiro atoms. The summed E-state index contributed by atoms with van der Waals surface area (Å²) in [4.78, 5) is 1.86. The third kappa shape index (κ3) is 20.5. The minimum atomic E-state index is -0.505. The van der Waals surface area contributed by atoms with Crippen molar-refractivity contribution in [1.29, 1.82) is 0 Å². The maximum Gasteiger partial charge on any atom is 0.109 e. The van der Waals surface area contributed by atoms with Gasteiger partial charge in [0.1, 0.15) is 12.5 Å². The van der Waals surface area contributed by atoms with E-state index in [2.05, 4.69) is 6.92 Å². The van der Waals surface area contributed by atoms with Gasteiger partial charge < -0.3 is 10.2 Å². The average molecular weight is 456 g/mol. The number of aliphatic hydroxyl groups excluding tert-OH is 2. The SMILES string of the molecule is CCCCCCCCCCCCCCCCCCCCCCCN(C(O)CC)C(O)CC. The van der Waals surface area contributed by atoms with Gasteiger partial charge in [0.15, 0.2) is 0 Å². The lowest BCUT2D eigenvalue weighted by molar-refractivity contribution is -0.104. The van der Waals surface area contributed by atoms with Crippen LogP contribution in [0.2, 0.25) is 0 Å². The largest absolute Gasteiger partial charge is 0.378 e. The zero-order valence-corrected chi connectivity index (χ0v) is 22.5. The van der Waals surface area contributed by atoms with Gasteiger partial charge in [-0.2, -0.15) is 0 Å². The topological polar surface area (TPSA) is 43.7 Å². The molecule has 2 atom stereocenters.